The van der Waals surface area contributed by atoms with Crippen LogP contribution >= 0.6 is 24.6 Å². The molecule has 9 nitrogen and oxygen atoms in total. The molecule has 0 bridgehead atoms. The average molecular weight is 1150 g/mol. The maximum absolute atomic E-state index is 7.50. The SMILES string of the molecule is c1ccc(-c2ccc(ON3P(Oc4ccc(-c5ccccc5)cc4)N=P(Oc4ccc(-c5ccccc5)cc4)(Oc4ccc(-c5ccccc5)cc4)N(Oc4ccc(-c5ccccc5)cc4)P3Oc3ccc(-c4ccccc4)cc3)cc2)cc1. The first-order valence-corrected chi connectivity index (χ1v) is 31.3. The van der Waals surface area contributed by atoms with Gasteiger partial charge in [0.05, 0.1) is 0 Å². The molecule has 13 rings (SSSR count). The van der Waals surface area contributed by atoms with Crippen molar-refractivity contribution in [1.29, 1.82) is 0 Å². The topological polar surface area (TPSA) is 74.2 Å². The second-order valence-corrected chi connectivity index (χ2v) is 25.0. The Morgan fingerprint density at radius 2 is 0.476 bits per heavy atom. The quantitative estimate of drug-likeness (QED) is 0.0787. The van der Waals surface area contributed by atoms with E-state index in [0.29, 0.717) is 34.5 Å². The van der Waals surface area contributed by atoms with Crippen LogP contribution in [0.2, 0.25) is 0 Å². The van der Waals surface area contributed by atoms with Crippen molar-refractivity contribution in [2.75, 3.05) is 0 Å². The first kappa shape index (κ1) is 53.7. The lowest BCUT2D eigenvalue weighted by Gasteiger charge is -2.43. The number of hydrogen-bond acceptors (Lipinski definition) is 9. The van der Waals surface area contributed by atoms with Crippen molar-refractivity contribution < 1.29 is 27.8 Å². The molecular weight excluding hydrogens is 1100 g/mol. The molecule has 0 aromatic heterocycles. The predicted octanol–water partition coefficient (Wildman–Crippen LogP) is 21.3. The molecule has 2 unspecified atom stereocenters. The van der Waals surface area contributed by atoms with Crippen molar-refractivity contribution >= 4 is 24.6 Å². The largest absolute Gasteiger partial charge is 0.447 e. The van der Waals surface area contributed by atoms with Crippen LogP contribution in [0.3, 0.4) is 0 Å². The number of rotatable bonds is 18. The van der Waals surface area contributed by atoms with Crippen molar-refractivity contribution in [3.63, 3.8) is 0 Å². The summed E-state index contributed by atoms with van der Waals surface area (Å²) in [6, 6.07) is 109. The van der Waals surface area contributed by atoms with Gasteiger partial charge < -0.3 is 27.8 Å². The summed E-state index contributed by atoms with van der Waals surface area (Å²) < 4.78 is 38.7. The maximum Gasteiger partial charge on any atom is 0.447 e. The van der Waals surface area contributed by atoms with Crippen LogP contribution in [-0.4, -0.2) is 9.21 Å². The van der Waals surface area contributed by atoms with E-state index in [1.807, 2.05) is 255 Å². The third kappa shape index (κ3) is 12.6. The van der Waals surface area contributed by atoms with E-state index in [2.05, 4.69) is 72.8 Å². The van der Waals surface area contributed by atoms with Gasteiger partial charge in [-0.25, -0.2) is 0 Å². The fourth-order valence-corrected chi connectivity index (χ4v) is 17.0. The molecule has 0 saturated heterocycles. The average Bonchev–Trinajstić information content (AvgIpc) is 2.83. The Bertz CT molecular complexity index is 4020. The van der Waals surface area contributed by atoms with Gasteiger partial charge in [0.1, 0.15) is 34.5 Å². The fraction of sp³-hybridized carbons (Fsp3) is 0. The fourth-order valence-electron chi connectivity index (χ4n) is 9.48. The molecule has 0 amide bonds. The lowest BCUT2D eigenvalue weighted by molar-refractivity contribution is 0.0546. The molecule has 0 saturated carbocycles. The van der Waals surface area contributed by atoms with Gasteiger partial charge in [-0.1, -0.05) is 255 Å². The number of nitrogens with zero attached hydrogens (tertiary/aromatic N) is 3. The monoisotopic (exact) mass is 1150 g/mol. The highest BCUT2D eigenvalue weighted by molar-refractivity contribution is 7.78. The molecule has 0 spiro atoms. The lowest BCUT2D eigenvalue weighted by Crippen LogP contribution is -2.37. The van der Waals surface area contributed by atoms with Crippen molar-refractivity contribution in [1.82, 2.24) is 9.21 Å². The molecular formula is C72H54N3O6P3. The first-order chi connectivity index (χ1) is 41.5. The highest BCUT2D eigenvalue weighted by atomic mass is 31.3. The van der Waals surface area contributed by atoms with Crippen LogP contribution in [0.25, 0.3) is 66.8 Å². The highest BCUT2D eigenvalue weighted by Gasteiger charge is 2.58. The highest BCUT2D eigenvalue weighted by Crippen LogP contribution is 2.78. The Balaban J connectivity index is 1.01. The summed E-state index contributed by atoms with van der Waals surface area (Å²) in [5, 5.41) is 0. The van der Waals surface area contributed by atoms with Gasteiger partial charge in [-0.05, 0) is 140 Å². The Labute approximate surface area is 492 Å². The molecule has 12 aromatic carbocycles. The van der Waals surface area contributed by atoms with Crippen LogP contribution in [0, 0.1) is 0 Å². The van der Waals surface area contributed by atoms with Crippen LogP contribution in [0.15, 0.2) is 332 Å². The smallest absolute Gasteiger partial charge is 0.440 e. The lowest BCUT2D eigenvalue weighted by atomic mass is 10.1. The molecule has 1 aliphatic heterocycles. The van der Waals surface area contributed by atoms with Crippen molar-refractivity contribution in [2.45, 2.75) is 0 Å². The third-order valence-corrected chi connectivity index (χ3v) is 20.7. The van der Waals surface area contributed by atoms with E-state index in [-0.39, 0.29) is 0 Å². The Hall–Kier alpha value is -9.55. The van der Waals surface area contributed by atoms with Crippen LogP contribution in [0.5, 0.6) is 34.5 Å². The van der Waals surface area contributed by atoms with E-state index in [1.54, 1.807) is 9.21 Å². The Kier molecular flexibility index (Phi) is 16.2. The van der Waals surface area contributed by atoms with Gasteiger partial charge in [-0.2, -0.15) is 0 Å². The normalized spacial score (nSPS) is 14.8. The second kappa shape index (κ2) is 25.3. The van der Waals surface area contributed by atoms with E-state index in [9.17, 15) is 0 Å². The summed E-state index contributed by atoms with van der Waals surface area (Å²) in [6.07, 6.45) is 0. The molecule has 0 fully saturated rings. The molecule has 0 radical (unpaired) electrons. The van der Waals surface area contributed by atoms with Gasteiger partial charge >= 0.3 is 24.6 Å². The van der Waals surface area contributed by atoms with E-state index < -0.39 is 24.6 Å². The summed E-state index contributed by atoms with van der Waals surface area (Å²) in [6.45, 7) is 0. The number of hydrogen-bond donors (Lipinski definition) is 0. The summed E-state index contributed by atoms with van der Waals surface area (Å²) in [7, 11) is -8.84. The Morgan fingerprint density at radius 3 is 0.774 bits per heavy atom. The molecule has 2 atom stereocenters. The maximum atomic E-state index is 7.50. The van der Waals surface area contributed by atoms with E-state index in [0.717, 1.165) is 66.8 Å². The van der Waals surface area contributed by atoms with E-state index >= 15 is 0 Å². The molecule has 0 N–H and O–H groups in total. The second-order valence-electron chi connectivity index (χ2n) is 19.5. The standard InChI is InChI=1S/C72H54N3O6P3/c1-7-19-55(20-8-1)61-31-43-67(44-32-61)76-74-82(78-69-47-35-63(36-48-69)57-23-11-3-12-24-57)73-84(80-71-51-39-65(40-52-71)59-27-15-5-16-28-59,81-72-53-41-66(42-54-72)60-29-17-6-18-30-60)75(77-68-45-33-62(34-46-68)56-21-9-2-10-22-56)83(74)79-70-49-37-64(38-50-70)58-25-13-4-14-26-58/h1-54H. The molecule has 1 heterocycles. The minimum atomic E-state index is -4.12. The van der Waals surface area contributed by atoms with Gasteiger partial charge in [0.15, 0.2) is 0 Å². The molecule has 12 aromatic rings. The van der Waals surface area contributed by atoms with Crippen molar-refractivity contribution in [3.8, 4) is 101 Å². The van der Waals surface area contributed by atoms with Crippen molar-refractivity contribution in [2.24, 2.45) is 4.52 Å². The molecule has 84 heavy (non-hydrogen) atoms. The van der Waals surface area contributed by atoms with E-state index in [1.165, 1.54) is 0 Å². The van der Waals surface area contributed by atoms with Crippen LogP contribution in [0.4, 0.5) is 0 Å². The minimum Gasteiger partial charge on any atom is -0.440 e. The summed E-state index contributed by atoms with van der Waals surface area (Å²) in [4.78, 5) is 14.6. The zero-order valence-corrected chi connectivity index (χ0v) is 48.0. The zero-order valence-electron chi connectivity index (χ0n) is 45.3. The third-order valence-electron chi connectivity index (χ3n) is 13.8. The summed E-state index contributed by atoms with van der Waals surface area (Å²) in [5.74, 6) is 2.95. The summed E-state index contributed by atoms with van der Waals surface area (Å²) >= 11 is 0. The summed E-state index contributed by atoms with van der Waals surface area (Å²) in [5.41, 5.74) is 12.5. The van der Waals surface area contributed by atoms with Crippen LogP contribution in [-0.2, 0) is 0 Å². The molecule has 0 aliphatic carbocycles. The molecule has 12 heteroatoms. The van der Waals surface area contributed by atoms with Gasteiger partial charge in [0.2, 0.25) is 0 Å². The molecule has 408 valence electrons. The van der Waals surface area contributed by atoms with Gasteiger partial charge in [0.25, 0.3) is 0 Å². The van der Waals surface area contributed by atoms with Gasteiger partial charge in [-0.15, -0.1) is 4.52 Å². The van der Waals surface area contributed by atoms with Crippen LogP contribution < -0.4 is 27.8 Å². The zero-order chi connectivity index (χ0) is 56.3. The van der Waals surface area contributed by atoms with Crippen LogP contribution in [0.1, 0.15) is 0 Å². The van der Waals surface area contributed by atoms with E-state index in [4.69, 9.17) is 32.3 Å². The van der Waals surface area contributed by atoms with Crippen molar-refractivity contribution in [3.05, 3.63) is 328 Å². The van der Waals surface area contributed by atoms with Gasteiger partial charge in [0, 0.05) is 9.21 Å². The Morgan fingerprint density at radius 1 is 0.238 bits per heavy atom. The predicted molar refractivity (Wildman–Crippen MR) is 342 cm³/mol. The number of benzene rings is 12. The first-order valence-electron chi connectivity index (χ1n) is 27.4. The molecule has 1 aliphatic rings. The van der Waals surface area contributed by atoms with Gasteiger partial charge in [-0.3, -0.25) is 0 Å². The minimum absolute atomic E-state index is 0.464.